The topological polar surface area (TPSA) is 34.1 Å². The summed E-state index contributed by atoms with van der Waals surface area (Å²) in [7, 11) is 0. The van der Waals surface area contributed by atoms with Gasteiger partial charge < -0.3 is 10.1 Å². The van der Waals surface area contributed by atoms with Crippen molar-refractivity contribution >= 4 is 0 Å². The second-order valence-electron chi connectivity index (χ2n) is 4.37. The first-order valence-electron chi connectivity index (χ1n) is 6.74. The van der Waals surface area contributed by atoms with Crippen LogP contribution in [0.4, 0.5) is 0 Å². The fourth-order valence-electron chi connectivity index (χ4n) is 1.83. The van der Waals surface area contributed by atoms with E-state index in [1.54, 1.807) is 6.20 Å². The molecule has 1 aromatic carbocycles. The summed E-state index contributed by atoms with van der Waals surface area (Å²) < 4.78 is 5.87. The first-order valence-corrected chi connectivity index (χ1v) is 6.74. The van der Waals surface area contributed by atoms with Crippen LogP contribution >= 0.6 is 0 Å². The molecule has 3 heteroatoms. The fraction of sp³-hybridized carbons (Fsp3) is 0.312. The molecule has 0 radical (unpaired) electrons. The predicted octanol–water partition coefficient (Wildman–Crippen LogP) is 3.55. The summed E-state index contributed by atoms with van der Waals surface area (Å²) in [6.45, 7) is 5.92. The minimum absolute atomic E-state index is 0.767. The van der Waals surface area contributed by atoms with Crippen LogP contribution in [-0.4, -0.2) is 11.5 Å². The van der Waals surface area contributed by atoms with Crippen molar-refractivity contribution in [2.75, 3.05) is 6.54 Å². The number of aryl methyl sites for hydroxylation is 1. The van der Waals surface area contributed by atoms with E-state index in [-0.39, 0.29) is 0 Å². The number of hydrogen-bond donors (Lipinski definition) is 1. The Balaban J connectivity index is 2.09. The quantitative estimate of drug-likeness (QED) is 0.858. The maximum Gasteiger partial charge on any atom is 0.130 e. The monoisotopic (exact) mass is 256 g/mol. The van der Waals surface area contributed by atoms with E-state index in [9.17, 15) is 0 Å². The molecule has 0 amide bonds. The Morgan fingerprint density at radius 1 is 1.11 bits per heavy atom. The van der Waals surface area contributed by atoms with E-state index in [0.29, 0.717) is 0 Å². The number of nitrogens with one attached hydrogen (secondary N) is 1. The highest BCUT2D eigenvalue weighted by atomic mass is 16.5. The van der Waals surface area contributed by atoms with Gasteiger partial charge in [0.05, 0.1) is 5.69 Å². The molecule has 0 saturated carbocycles. The Labute approximate surface area is 114 Å². The van der Waals surface area contributed by atoms with E-state index in [0.717, 1.165) is 36.7 Å². The Kier molecular flexibility index (Phi) is 4.93. The summed E-state index contributed by atoms with van der Waals surface area (Å²) in [6, 6.07) is 12.0. The SMILES string of the molecule is CCNCc1cc(Oc2cccc(CC)c2)ccn1. The standard InChI is InChI=1S/C16H20N2O/c1-3-13-6-5-7-15(10-13)19-16-8-9-18-14(11-16)12-17-4-2/h5-11,17H,3-4,12H2,1-2H3. The number of benzene rings is 1. The summed E-state index contributed by atoms with van der Waals surface area (Å²) in [5.74, 6) is 1.70. The number of rotatable bonds is 6. The van der Waals surface area contributed by atoms with Gasteiger partial charge in [-0.15, -0.1) is 0 Å². The van der Waals surface area contributed by atoms with Gasteiger partial charge in [0.15, 0.2) is 0 Å². The van der Waals surface area contributed by atoms with E-state index >= 15 is 0 Å². The third kappa shape index (κ3) is 4.07. The molecular weight excluding hydrogens is 236 g/mol. The van der Waals surface area contributed by atoms with Gasteiger partial charge in [0.1, 0.15) is 11.5 Å². The summed E-state index contributed by atoms with van der Waals surface area (Å²) in [5.41, 5.74) is 2.27. The Morgan fingerprint density at radius 2 is 1.95 bits per heavy atom. The molecule has 0 bridgehead atoms. The van der Waals surface area contributed by atoms with Crippen LogP contribution in [0.5, 0.6) is 11.5 Å². The highest BCUT2D eigenvalue weighted by Crippen LogP contribution is 2.22. The molecule has 0 fully saturated rings. The van der Waals surface area contributed by atoms with Crippen molar-refractivity contribution in [3.63, 3.8) is 0 Å². The summed E-state index contributed by atoms with van der Waals surface area (Å²) >= 11 is 0. The summed E-state index contributed by atoms with van der Waals surface area (Å²) in [4.78, 5) is 4.31. The number of pyridine rings is 1. The lowest BCUT2D eigenvalue weighted by Crippen LogP contribution is -2.12. The molecule has 0 atom stereocenters. The average Bonchev–Trinajstić information content (AvgIpc) is 2.46. The van der Waals surface area contributed by atoms with Crippen LogP contribution in [0.25, 0.3) is 0 Å². The average molecular weight is 256 g/mol. The van der Waals surface area contributed by atoms with Crippen molar-refractivity contribution in [1.29, 1.82) is 0 Å². The van der Waals surface area contributed by atoms with E-state index in [4.69, 9.17) is 4.74 Å². The molecule has 0 saturated heterocycles. The zero-order valence-electron chi connectivity index (χ0n) is 11.5. The van der Waals surface area contributed by atoms with Gasteiger partial charge in [-0.2, -0.15) is 0 Å². The number of hydrogen-bond acceptors (Lipinski definition) is 3. The van der Waals surface area contributed by atoms with Crippen LogP contribution in [0, 0.1) is 0 Å². The van der Waals surface area contributed by atoms with Gasteiger partial charge in [0.25, 0.3) is 0 Å². The largest absolute Gasteiger partial charge is 0.457 e. The molecule has 1 aromatic heterocycles. The summed E-state index contributed by atoms with van der Waals surface area (Å²) in [6.07, 6.45) is 2.80. The minimum atomic E-state index is 0.767. The van der Waals surface area contributed by atoms with Gasteiger partial charge in [-0.05, 0) is 36.7 Å². The normalized spacial score (nSPS) is 10.4. The zero-order valence-corrected chi connectivity index (χ0v) is 11.5. The number of ether oxygens (including phenoxy) is 1. The van der Waals surface area contributed by atoms with Crippen molar-refractivity contribution in [2.45, 2.75) is 26.8 Å². The lowest BCUT2D eigenvalue weighted by Gasteiger charge is -2.08. The lowest BCUT2D eigenvalue weighted by atomic mass is 10.2. The highest BCUT2D eigenvalue weighted by Gasteiger charge is 2.01. The second kappa shape index (κ2) is 6.90. The molecule has 0 unspecified atom stereocenters. The predicted molar refractivity (Wildman–Crippen MR) is 77.5 cm³/mol. The Morgan fingerprint density at radius 3 is 2.74 bits per heavy atom. The van der Waals surface area contributed by atoms with Crippen molar-refractivity contribution in [1.82, 2.24) is 10.3 Å². The molecule has 0 spiro atoms. The van der Waals surface area contributed by atoms with E-state index in [1.807, 2.05) is 24.3 Å². The Bertz CT molecular complexity index is 526. The van der Waals surface area contributed by atoms with E-state index in [2.05, 4.69) is 36.3 Å². The van der Waals surface area contributed by atoms with Crippen LogP contribution in [-0.2, 0) is 13.0 Å². The molecule has 0 aliphatic heterocycles. The van der Waals surface area contributed by atoms with Gasteiger partial charge in [0.2, 0.25) is 0 Å². The Hall–Kier alpha value is -1.87. The van der Waals surface area contributed by atoms with Crippen LogP contribution in [0.3, 0.4) is 0 Å². The van der Waals surface area contributed by atoms with E-state index in [1.165, 1.54) is 5.56 Å². The van der Waals surface area contributed by atoms with Gasteiger partial charge >= 0.3 is 0 Å². The maximum absolute atomic E-state index is 5.87. The van der Waals surface area contributed by atoms with Crippen LogP contribution < -0.4 is 10.1 Å². The highest BCUT2D eigenvalue weighted by molar-refractivity contribution is 5.34. The number of nitrogens with zero attached hydrogens (tertiary/aromatic N) is 1. The third-order valence-electron chi connectivity index (χ3n) is 2.89. The third-order valence-corrected chi connectivity index (χ3v) is 2.89. The number of aromatic nitrogens is 1. The molecule has 1 heterocycles. The molecule has 2 aromatic rings. The van der Waals surface area contributed by atoms with Crippen molar-refractivity contribution < 1.29 is 4.74 Å². The van der Waals surface area contributed by atoms with Crippen molar-refractivity contribution in [3.8, 4) is 11.5 Å². The molecule has 19 heavy (non-hydrogen) atoms. The maximum atomic E-state index is 5.87. The zero-order chi connectivity index (χ0) is 13.5. The van der Waals surface area contributed by atoms with Gasteiger partial charge in [-0.25, -0.2) is 0 Å². The molecule has 1 N–H and O–H groups in total. The summed E-state index contributed by atoms with van der Waals surface area (Å²) in [5, 5.41) is 3.26. The molecule has 2 rings (SSSR count). The molecule has 100 valence electrons. The lowest BCUT2D eigenvalue weighted by molar-refractivity contribution is 0.479. The smallest absolute Gasteiger partial charge is 0.130 e. The van der Waals surface area contributed by atoms with Crippen LogP contribution in [0.15, 0.2) is 42.6 Å². The molecule has 0 aliphatic carbocycles. The molecular formula is C16H20N2O. The molecule has 0 aliphatic rings. The first kappa shape index (κ1) is 13.6. The van der Waals surface area contributed by atoms with Crippen molar-refractivity contribution in [2.24, 2.45) is 0 Å². The van der Waals surface area contributed by atoms with E-state index < -0.39 is 0 Å². The van der Waals surface area contributed by atoms with Gasteiger partial charge in [-0.1, -0.05) is 26.0 Å². The molecule has 3 nitrogen and oxygen atoms in total. The van der Waals surface area contributed by atoms with Crippen molar-refractivity contribution in [3.05, 3.63) is 53.9 Å². The van der Waals surface area contributed by atoms with Crippen LogP contribution in [0.1, 0.15) is 25.1 Å². The van der Waals surface area contributed by atoms with Crippen LogP contribution in [0.2, 0.25) is 0 Å². The second-order valence-corrected chi connectivity index (χ2v) is 4.37. The van der Waals surface area contributed by atoms with Gasteiger partial charge in [-0.3, -0.25) is 4.98 Å². The fourth-order valence-corrected chi connectivity index (χ4v) is 1.83. The first-order chi connectivity index (χ1) is 9.31. The van der Waals surface area contributed by atoms with Gasteiger partial charge in [0, 0.05) is 18.8 Å². The minimum Gasteiger partial charge on any atom is -0.457 e.